The number of nitrogens with zero attached hydrogens (tertiary/aromatic N) is 3. The van der Waals surface area contributed by atoms with Crippen molar-refractivity contribution in [1.82, 2.24) is 9.97 Å². The van der Waals surface area contributed by atoms with Crippen LogP contribution in [0, 0.1) is 13.8 Å². The molecule has 0 aliphatic heterocycles. The molecular formula is C14H14N4O2. The van der Waals surface area contributed by atoms with Crippen molar-refractivity contribution in [1.29, 1.82) is 0 Å². The van der Waals surface area contributed by atoms with Crippen molar-refractivity contribution < 1.29 is 9.90 Å². The van der Waals surface area contributed by atoms with E-state index in [1.807, 2.05) is 19.9 Å². The third-order valence-electron chi connectivity index (χ3n) is 2.52. The van der Waals surface area contributed by atoms with Gasteiger partial charge in [-0.15, -0.1) is 0 Å². The van der Waals surface area contributed by atoms with E-state index in [0.717, 1.165) is 17.0 Å². The zero-order valence-electron chi connectivity index (χ0n) is 11.2. The van der Waals surface area contributed by atoms with Crippen molar-refractivity contribution in [2.24, 2.45) is 5.10 Å². The molecule has 0 aliphatic rings. The molecule has 6 nitrogen and oxygen atoms in total. The molecule has 2 rings (SSSR count). The van der Waals surface area contributed by atoms with E-state index in [1.165, 1.54) is 12.1 Å². The molecule has 102 valence electrons. The fraction of sp³-hybridized carbons (Fsp3) is 0.143. The fourth-order valence-electron chi connectivity index (χ4n) is 1.65. The average molecular weight is 270 g/mol. The van der Waals surface area contributed by atoms with Crippen LogP contribution in [-0.4, -0.2) is 27.3 Å². The van der Waals surface area contributed by atoms with Crippen molar-refractivity contribution in [2.45, 2.75) is 13.8 Å². The number of carboxylic acids is 1. The van der Waals surface area contributed by atoms with Crippen molar-refractivity contribution in [3.05, 3.63) is 52.8 Å². The van der Waals surface area contributed by atoms with Crippen LogP contribution >= 0.6 is 0 Å². The van der Waals surface area contributed by atoms with E-state index in [1.54, 1.807) is 18.3 Å². The average Bonchev–Trinajstić information content (AvgIpc) is 2.38. The molecule has 0 saturated carbocycles. The smallest absolute Gasteiger partial charge is 0.335 e. The second-order valence-corrected chi connectivity index (χ2v) is 4.27. The maximum atomic E-state index is 10.7. The molecule has 2 aromatic rings. The van der Waals surface area contributed by atoms with Gasteiger partial charge in [0.15, 0.2) is 0 Å². The first kappa shape index (κ1) is 13.7. The zero-order valence-corrected chi connectivity index (χ0v) is 11.2. The Morgan fingerprint density at radius 1 is 1.20 bits per heavy atom. The Morgan fingerprint density at radius 2 is 1.80 bits per heavy atom. The lowest BCUT2D eigenvalue weighted by Gasteiger charge is -2.01. The van der Waals surface area contributed by atoms with E-state index in [-0.39, 0.29) is 5.56 Å². The molecule has 1 heterocycles. The van der Waals surface area contributed by atoms with Crippen molar-refractivity contribution >= 4 is 18.1 Å². The van der Waals surface area contributed by atoms with E-state index in [2.05, 4.69) is 20.5 Å². The van der Waals surface area contributed by atoms with Gasteiger partial charge < -0.3 is 5.11 Å². The van der Waals surface area contributed by atoms with Crippen LogP contribution in [0.3, 0.4) is 0 Å². The molecule has 0 unspecified atom stereocenters. The first-order valence-corrected chi connectivity index (χ1v) is 5.99. The van der Waals surface area contributed by atoms with E-state index in [4.69, 9.17) is 5.11 Å². The second kappa shape index (κ2) is 5.92. The summed E-state index contributed by atoms with van der Waals surface area (Å²) in [6.45, 7) is 3.77. The Kier molecular flexibility index (Phi) is 4.05. The highest BCUT2D eigenvalue weighted by Gasteiger charge is 2.00. The van der Waals surface area contributed by atoms with Crippen LogP contribution < -0.4 is 5.43 Å². The second-order valence-electron chi connectivity index (χ2n) is 4.27. The lowest BCUT2D eigenvalue weighted by atomic mass is 10.1. The molecule has 0 radical (unpaired) electrons. The Morgan fingerprint density at radius 3 is 2.35 bits per heavy atom. The maximum Gasteiger partial charge on any atom is 0.335 e. The lowest BCUT2D eigenvalue weighted by molar-refractivity contribution is 0.0697. The number of aryl methyl sites for hydroxylation is 2. The highest BCUT2D eigenvalue weighted by molar-refractivity contribution is 5.89. The van der Waals surface area contributed by atoms with E-state index in [9.17, 15) is 4.79 Å². The topological polar surface area (TPSA) is 87.5 Å². The predicted molar refractivity (Wildman–Crippen MR) is 76.1 cm³/mol. The third kappa shape index (κ3) is 3.61. The summed E-state index contributed by atoms with van der Waals surface area (Å²) in [5, 5.41) is 12.8. The van der Waals surface area contributed by atoms with Crippen LogP contribution in [-0.2, 0) is 0 Å². The molecule has 6 heteroatoms. The van der Waals surface area contributed by atoms with Crippen molar-refractivity contribution in [3.63, 3.8) is 0 Å². The van der Waals surface area contributed by atoms with Crippen LogP contribution in [0.5, 0.6) is 0 Å². The van der Waals surface area contributed by atoms with Gasteiger partial charge in [0.25, 0.3) is 0 Å². The number of aromatic nitrogens is 2. The number of anilines is 1. The highest BCUT2D eigenvalue weighted by Crippen LogP contribution is 2.05. The quantitative estimate of drug-likeness (QED) is 0.657. The van der Waals surface area contributed by atoms with Gasteiger partial charge >= 0.3 is 5.97 Å². The fourth-order valence-corrected chi connectivity index (χ4v) is 1.65. The molecule has 0 amide bonds. The molecule has 1 aromatic carbocycles. The molecule has 0 aliphatic carbocycles. The number of benzene rings is 1. The molecule has 0 bridgehead atoms. The molecule has 1 aromatic heterocycles. The van der Waals surface area contributed by atoms with Gasteiger partial charge in [-0.05, 0) is 37.6 Å². The lowest BCUT2D eigenvalue weighted by Crippen LogP contribution is -2.00. The number of aromatic carboxylic acids is 1. The van der Waals surface area contributed by atoms with Crippen LogP contribution in [0.1, 0.15) is 27.3 Å². The number of rotatable bonds is 4. The van der Waals surface area contributed by atoms with Gasteiger partial charge in [-0.3, -0.25) is 0 Å². The first-order valence-electron chi connectivity index (χ1n) is 5.99. The molecule has 0 spiro atoms. The summed E-state index contributed by atoms with van der Waals surface area (Å²) in [5.74, 6) is -0.517. The minimum Gasteiger partial charge on any atom is -0.478 e. The molecule has 20 heavy (non-hydrogen) atoms. The molecule has 0 fully saturated rings. The molecular weight excluding hydrogens is 256 g/mol. The Bertz CT molecular complexity index is 630. The van der Waals surface area contributed by atoms with Crippen molar-refractivity contribution in [2.75, 3.05) is 5.43 Å². The normalized spacial score (nSPS) is 10.7. The Hall–Kier alpha value is -2.76. The zero-order chi connectivity index (χ0) is 14.5. The number of nitrogens with one attached hydrogen (secondary N) is 1. The molecule has 0 saturated heterocycles. The minimum absolute atomic E-state index is 0.243. The third-order valence-corrected chi connectivity index (χ3v) is 2.52. The van der Waals surface area contributed by atoms with E-state index >= 15 is 0 Å². The van der Waals surface area contributed by atoms with Gasteiger partial charge in [-0.1, -0.05) is 12.1 Å². The number of carbonyl (C=O) groups is 1. The Balaban J connectivity index is 2.04. The van der Waals surface area contributed by atoms with Gasteiger partial charge in [0.1, 0.15) is 0 Å². The standard InChI is InChI=1S/C14H14N4O2/c1-9-7-10(2)17-14(16-9)18-15-8-11-3-5-12(6-4-11)13(19)20/h3-8H,1-2H3,(H,19,20)(H,16,17,18)/b15-8-. The highest BCUT2D eigenvalue weighted by atomic mass is 16.4. The number of hydrazone groups is 1. The first-order chi connectivity index (χ1) is 9.54. The van der Waals surface area contributed by atoms with E-state index < -0.39 is 5.97 Å². The van der Waals surface area contributed by atoms with Gasteiger partial charge in [-0.2, -0.15) is 5.10 Å². The minimum atomic E-state index is -0.949. The maximum absolute atomic E-state index is 10.7. The Labute approximate surface area is 116 Å². The number of carboxylic acid groups (broad SMARTS) is 1. The van der Waals surface area contributed by atoms with E-state index in [0.29, 0.717) is 5.95 Å². The summed E-state index contributed by atoms with van der Waals surface area (Å²) in [7, 11) is 0. The van der Waals surface area contributed by atoms with Crippen LogP contribution in [0.15, 0.2) is 35.4 Å². The van der Waals surface area contributed by atoms with Crippen LogP contribution in [0.4, 0.5) is 5.95 Å². The summed E-state index contributed by atoms with van der Waals surface area (Å²) in [6, 6.07) is 8.28. The van der Waals surface area contributed by atoms with Gasteiger partial charge in [0.2, 0.25) is 5.95 Å². The van der Waals surface area contributed by atoms with Crippen LogP contribution in [0.25, 0.3) is 0 Å². The molecule has 0 atom stereocenters. The van der Waals surface area contributed by atoms with Gasteiger partial charge in [0, 0.05) is 11.4 Å². The van der Waals surface area contributed by atoms with Gasteiger partial charge in [0.05, 0.1) is 11.8 Å². The monoisotopic (exact) mass is 270 g/mol. The summed E-state index contributed by atoms with van der Waals surface area (Å²) in [4.78, 5) is 19.1. The summed E-state index contributed by atoms with van der Waals surface area (Å²) < 4.78 is 0. The number of hydrogen-bond acceptors (Lipinski definition) is 5. The SMILES string of the molecule is Cc1cc(C)nc(N/N=C\c2ccc(C(=O)O)cc2)n1. The van der Waals surface area contributed by atoms with Crippen LogP contribution in [0.2, 0.25) is 0 Å². The predicted octanol–water partition coefficient (Wildman–Crippen LogP) is 2.24. The van der Waals surface area contributed by atoms with Gasteiger partial charge in [-0.25, -0.2) is 20.2 Å². The number of hydrogen-bond donors (Lipinski definition) is 2. The molecule has 2 N–H and O–H groups in total. The summed E-state index contributed by atoms with van der Waals surface area (Å²) in [5.41, 5.74) is 5.49. The summed E-state index contributed by atoms with van der Waals surface area (Å²) >= 11 is 0. The largest absolute Gasteiger partial charge is 0.478 e. The summed E-state index contributed by atoms with van der Waals surface area (Å²) in [6.07, 6.45) is 1.58. The van der Waals surface area contributed by atoms with Crippen molar-refractivity contribution in [3.8, 4) is 0 Å².